The summed E-state index contributed by atoms with van der Waals surface area (Å²) in [4.78, 5) is 31.4. The van der Waals surface area contributed by atoms with Gasteiger partial charge >= 0.3 is 6.03 Å². The predicted molar refractivity (Wildman–Crippen MR) is 189 cm³/mol. The van der Waals surface area contributed by atoms with Gasteiger partial charge in [0.1, 0.15) is 0 Å². The molecule has 0 radical (unpaired) electrons. The van der Waals surface area contributed by atoms with Crippen LogP contribution in [0.15, 0.2) is 65.8 Å². The van der Waals surface area contributed by atoms with Crippen molar-refractivity contribution in [1.29, 1.82) is 0 Å². The van der Waals surface area contributed by atoms with E-state index in [2.05, 4.69) is 94.2 Å². The first-order chi connectivity index (χ1) is 21.7. The molecular weight excluding hydrogens is 552 g/mol. The summed E-state index contributed by atoms with van der Waals surface area (Å²) < 4.78 is 0. The van der Waals surface area contributed by atoms with Crippen LogP contribution in [0.25, 0.3) is 0 Å². The van der Waals surface area contributed by atoms with E-state index in [1.807, 2.05) is 4.90 Å². The summed E-state index contributed by atoms with van der Waals surface area (Å²) in [5, 5.41) is 0. The lowest BCUT2D eigenvalue weighted by Crippen LogP contribution is -2.55. The van der Waals surface area contributed by atoms with Gasteiger partial charge in [0.05, 0.1) is 12.1 Å². The molecule has 1 aliphatic heterocycles. The molecule has 1 atom stereocenters. The first kappa shape index (κ1) is 35.2. The van der Waals surface area contributed by atoms with E-state index in [1.165, 1.54) is 55.2 Å². The number of urea groups is 1. The summed E-state index contributed by atoms with van der Waals surface area (Å²) >= 11 is 0. The topological polar surface area (TPSA) is 40.6 Å². The van der Waals surface area contributed by atoms with Gasteiger partial charge in [0.2, 0.25) is 0 Å². The van der Waals surface area contributed by atoms with Crippen molar-refractivity contribution in [2.45, 2.75) is 142 Å². The third kappa shape index (κ3) is 9.01. The molecule has 2 amide bonds. The van der Waals surface area contributed by atoms with Crippen molar-refractivity contribution in [3.8, 4) is 0 Å². The molecular formula is C41H62N2O2. The zero-order valence-corrected chi connectivity index (χ0v) is 29.3. The quantitative estimate of drug-likeness (QED) is 0.129. The molecule has 1 saturated heterocycles. The highest BCUT2D eigenvalue weighted by Gasteiger charge is 2.55. The van der Waals surface area contributed by atoms with Crippen LogP contribution in [0, 0.1) is 11.8 Å². The zero-order valence-electron chi connectivity index (χ0n) is 29.3. The van der Waals surface area contributed by atoms with Crippen LogP contribution in [0.5, 0.6) is 0 Å². The van der Waals surface area contributed by atoms with Crippen LogP contribution in [0.4, 0.5) is 4.79 Å². The number of Topliss-reactive ketones (excluding diaryl/α,β-unsaturated/α-hetero) is 1. The van der Waals surface area contributed by atoms with Crippen molar-refractivity contribution in [3.05, 3.63) is 71.3 Å². The smallest absolute Gasteiger partial charge is 0.317 e. The lowest BCUT2D eigenvalue weighted by molar-refractivity contribution is -0.119. The van der Waals surface area contributed by atoms with Gasteiger partial charge in [-0.3, -0.25) is 4.79 Å². The molecule has 3 aliphatic rings. The highest BCUT2D eigenvalue weighted by Crippen LogP contribution is 2.52. The number of carbonyl (C=O) groups excluding carboxylic acids is 2. The molecule has 0 N–H and O–H groups in total. The van der Waals surface area contributed by atoms with E-state index in [9.17, 15) is 9.59 Å². The Morgan fingerprint density at radius 2 is 1.71 bits per heavy atom. The fourth-order valence-electron chi connectivity index (χ4n) is 8.36. The number of benzene rings is 1. The number of ketones is 1. The second-order valence-electron chi connectivity index (χ2n) is 14.8. The molecule has 2 saturated carbocycles. The Balaban J connectivity index is 1.36. The molecule has 1 heterocycles. The number of hydrogen-bond donors (Lipinski definition) is 0. The Hall–Kier alpha value is -2.62. The number of allylic oxidation sites excluding steroid dienone is 6. The Kier molecular flexibility index (Phi) is 13.2. The van der Waals surface area contributed by atoms with Crippen LogP contribution in [0.2, 0.25) is 0 Å². The van der Waals surface area contributed by atoms with Crippen molar-refractivity contribution in [3.63, 3.8) is 0 Å². The molecule has 3 fully saturated rings. The van der Waals surface area contributed by atoms with Crippen molar-refractivity contribution in [1.82, 2.24) is 9.80 Å². The fourth-order valence-corrected chi connectivity index (χ4v) is 8.36. The average molecular weight is 615 g/mol. The minimum atomic E-state index is -0.129. The number of hydrogen-bond acceptors (Lipinski definition) is 2. The highest BCUT2D eigenvalue weighted by atomic mass is 16.2. The van der Waals surface area contributed by atoms with E-state index >= 15 is 0 Å². The second-order valence-corrected chi connectivity index (χ2v) is 14.8. The number of unbranched alkanes of at least 4 members (excludes halogenated alkanes) is 2. The van der Waals surface area contributed by atoms with Gasteiger partial charge in [-0.25, -0.2) is 4.79 Å². The molecule has 0 bridgehead atoms. The van der Waals surface area contributed by atoms with Crippen LogP contribution in [0.3, 0.4) is 0 Å². The van der Waals surface area contributed by atoms with Crippen molar-refractivity contribution < 1.29 is 9.59 Å². The fraction of sp³-hybridized carbons (Fsp3) is 0.659. The molecule has 0 aromatic heterocycles. The van der Waals surface area contributed by atoms with Crippen molar-refractivity contribution >= 4 is 11.8 Å². The van der Waals surface area contributed by atoms with Crippen LogP contribution < -0.4 is 0 Å². The Morgan fingerprint density at radius 3 is 2.36 bits per heavy atom. The van der Waals surface area contributed by atoms with Gasteiger partial charge in [-0.1, -0.05) is 112 Å². The number of nitrogens with zero attached hydrogens (tertiary/aromatic N) is 2. The summed E-state index contributed by atoms with van der Waals surface area (Å²) in [6.45, 7) is 13.2. The predicted octanol–water partition coefficient (Wildman–Crippen LogP) is 10.6. The van der Waals surface area contributed by atoms with E-state index in [1.54, 1.807) is 0 Å². The standard InChI is InChI=1S/C41H62N2O2/c1-6-8-9-11-18-33(3)29-34(4)19-14-15-24-38(44)31-42-32-40(43(39(42)45)30-36-20-16-21-36)25-27-41(28-26-40,35(5)17-7-2)37-22-12-10-13-23-37/h9-13,18,22-23,29,35-36H,6-8,14-17,19-21,24-28,30-32H2,1-5H3/b11-9+,33-18-,34-29+. The maximum atomic E-state index is 14.0. The molecule has 4 rings (SSSR count). The summed E-state index contributed by atoms with van der Waals surface area (Å²) in [6, 6.07) is 11.3. The lowest BCUT2D eigenvalue weighted by Gasteiger charge is -2.51. The Bertz CT molecular complexity index is 1180. The normalized spacial score (nSPS) is 25.4. The van der Waals surface area contributed by atoms with Gasteiger partial charge in [-0.05, 0) is 101 Å². The number of rotatable bonds is 17. The third-order valence-corrected chi connectivity index (χ3v) is 11.4. The second kappa shape index (κ2) is 16.8. The SMILES string of the molecule is CCC/C=C/C=C(C)\C=C(/C)CCCCC(=O)CN1CC2(CCC(c3ccccc3)(C(C)CCC)CC2)N(CC2CCC2)C1=O. The van der Waals surface area contributed by atoms with Gasteiger partial charge in [0.25, 0.3) is 0 Å². The summed E-state index contributed by atoms with van der Waals surface area (Å²) in [5.41, 5.74) is 4.15. The van der Waals surface area contributed by atoms with Crippen molar-refractivity contribution in [2.24, 2.45) is 11.8 Å². The van der Waals surface area contributed by atoms with E-state index < -0.39 is 0 Å². The minimum Gasteiger partial charge on any atom is -0.317 e. The Labute approximate surface area is 275 Å². The van der Waals surface area contributed by atoms with E-state index in [0.717, 1.165) is 64.5 Å². The molecule has 248 valence electrons. The summed E-state index contributed by atoms with van der Waals surface area (Å²) in [5.74, 6) is 1.45. The van der Waals surface area contributed by atoms with Crippen molar-refractivity contribution in [2.75, 3.05) is 19.6 Å². The molecule has 1 unspecified atom stereocenters. The first-order valence-electron chi connectivity index (χ1n) is 18.4. The van der Waals surface area contributed by atoms with Gasteiger partial charge < -0.3 is 9.80 Å². The van der Waals surface area contributed by atoms with Gasteiger partial charge in [-0.2, -0.15) is 0 Å². The van der Waals surface area contributed by atoms with Crippen LogP contribution in [0.1, 0.15) is 136 Å². The van der Waals surface area contributed by atoms with Gasteiger partial charge in [0, 0.05) is 19.5 Å². The number of carbonyl (C=O) groups is 2. The largest absolute Gasteiger partial charge is 0.321 e. The molecule has 1 spiro atoms. The Morgan fingerprint density at radius 1 is 1.00 bits per heavy atom. The van der Waals surface area contributed by atoms with Crippen LogP contribution in [-0.4, -0.2) is 46.8 Å². The summed E-state index contributed by atoms with van der Waals surface area (Å²) in [7, 11) is 0. The van der Waals surface area contributed by atoms with Crippen LogP contribution >= 0.6 is 0 Å². The maximum Gasteiger partial charge on any atom is 0.321 e. The molecule has 4 nitrogen and oxygen atoms in total. The van der Waals surface area contributed by atoms with E-state index in [4.69, 9.17) is 0 Å². The first-order valence-corrected chi connectivity index (χ1v) is 18.4. The lowest BCUT2D eigenvalue weighted by atomic mass is 9.58. The average Bonchev–Trinajstić information content (AvgIpc) is 3.25. The number of amides is 2. The molecule has 4 heteroatoms. The molecule has 45 heavy (non-hydrogen) atoms. The minimum absolute atomic E-state index is 0.123. The third-order valence-electron chi connectivity index (χ3n) is 11.4. The van der Waals surface area contributed by atoms with Gasteiger partial charge in [-0.15, -0.1) is 0 Å². The molecule has 1 aromatic rings. The van der Waals surface area contributed by atoms with Gasteiger partial charge in [0.15, 0.2) is 5.78 Å². The highest BCUT2D eigenvalue weighted by molar-refractivity contribution is 5.87. The maximum absolute atomic E-state index is 14.0. The van der Waals surface area contributed by atoms with E-state index in [0.29, 0.717) is 18.3 Å². The molecule has 1 aromatic carbocycles. The summed E-state index contributed by atoms with van der Waals surface area (Å²) in [6.07, 6.45) is 25.1. The monoisotopic (exact) mass is 614 g/mol. The zero-order chi connectivity index (χ0) is 32.3. The van der Waals surface area contributed by atoms with E-state index in [-0.39, 0.29) is 29.3 Å². The van der Waals surface area contributed by atoms with Crippen LogP contribution in [-0.2, 0) is 10.2 Å². The molecule has 2 aliphatic carbocycles.